The molecule has 1 amide bonds. The average Bonchev–Trinajstić information content (AvgIpc) is 2.79. The van der Waals surface area contributed by atoms with Gasteiger partial charge in [0.15, 0.2) is 0 Å². The molecule has 0 atom stereocenters. The number of halogens is 1. The number of hydrogen-bond donors (Lipinski definition) is 1. The Balaban J connectivity index is 1.87. The van der Waals surface area contributed by atoms with Crippen molar-refractivity contribution in [1.29, 1.82) is 0 Å². The molecule has 176 valence electrons. The third kappa shape index (κ3) is 8.62. The number of nitrogens with one attached hydrogen (secondary N) is 1. The number of carbonyl (C=O) groups is 1. The van der Waals surface area contributed by atoms with Crippen LogP contribution in [0.1, 0.15) is 64.9 Å². The standard InChI is InChI=1S/C27H39FN2O2/c1-5-9-26(10-6-2)32-25(8-4)19-22(7-3)27(31)29-24-15-17-30(18-16-24)20-21-11-13-23(28)14-12-21/h7-8,11-14,19,24,26H,4-6,9-10,15-18,20H2,1-3H3,(H,29,31)/b22-7+,25-19+. The van der Waals surface area contributed by atoms with Crippen LogP contribution in [0.4, 0.5) is 4.39 Å². The summed E-state index contributed by atoms with van der Waals surface area (Å²) in [6.45, 7) is 12.6. The smallest absolute Gasteiger partial charge is 0.251 e. The summed E-state index contributed by atoms with van der Waals surface area (Å²) in [7, 11) is 0. The molecule has 2 rings (SSSR count). The molecule has 1 N–H and O–H groups in total. The van der Waals surface area contributed by atoms with Crippen molar-refractivity contribution in [2.45, 2.75) is 78.0 Å². The number of benzene rings is 1. The van der Waals surface area contributed by atoms with Crippen LogP contribution in [0.25, 0.3) is 0 Å². The molecule has 1 heterocycles. The zero-order valence-electron chi connectivity index (χ0n) is 19.9. The highest BCUT2D eigenvalue weighted by molar-refractivity contribution is 5.96. The van der Waals surface area contributed by atoms with Crippen LogP contribution in [0.3, 0.4) is 0 Å². The van der Waals surface area contributed by atoms with E-state index in [1.165, 1.54) is 12.1 Å². The summed E-state index contributed by atoms with van der Waals surface area (Å²) in [6, 6.07) is 6.82. The first-order valence-corrected chi connectivity index (χ1v) is 11.9. The lowest BCUT2D eigenvalue weighted by Gasteiger charge is -2.32. The topological polar surface area (TPSA) is 41.6 Å². The van der Waals surface area contributed by atoms with Gasteiger partial charge < -0.3 is 10.1 Å². The van der Waals surface area contributed by atoms with E-state index in [-0.39, 0.29) is 23.9 Å². The Morgan fingerprint density at radius 1 is 1.22 bits per heavy atom. The van der Waals surface area contributed by atoms with Gasteiger partial charge in [0.2, 0.25) is 0 Å². The van der Waals surface area contributed by atoms with Gasteiger partial charge in [0.1, 0.15) is 11.6 Å². The van der Waals surface area contributed by atoms with E-state index in [1.54, 1.807) is 12.2 Å². The number of carbonyl (C=O) groups excluding carboxylic acids is 1. The Kier molecular flexibility index (Phi) is 11.2. The van der Waals surface area contributed by atoms with E-state index in [4.69, 9.17) is 4.74 Å². The molecule has 0 bridgehead atoms. The third-order valence-electron chi connectivity index (χ3n) is 5.84. The van der Waals surface area contributed by atoms with E-state index in [0.29, 0.717) is 11.3 Å². The summed E-state index contributed by atoms with van der Waals surface area (Å²) >= 11 is 0. The molecule has 4 nitrogen and oxygen atoms in total. The molecule has 5 heteroatoms. The lowest BCUT2D eigenvalue weighted by Crippen LogP contribution is -2.44. The maximum absolute atomic E-state index is 13.1. The Bertz CT molecular complexity index is 771. The third-order valence-corrected chi connectivity index (χ3v) is 5.84. The first-order chi connectivity index (χ1) is 15.5. The van der Waals surface area contributed by atoms with Crippen molar-refractivity contribution in [3.8, 4) is 0 Å². The zero-order chi connectivity index (χ0) is 23.3. The summed E-state index contributed by atoms with van der Waals surface area (Å²) in [5.74, 6) is 0.365. The van der Waals surface area contributed by atoms with Crippen molar-refractivity contribution in [3.63, 3.8) is 0 Å². The van der Waals surface area contributed by atoms with E-state index in [1.807, 2.05) is 25.1 Å². The number of amides is 1. The van der Waals surface area contributed by atoms with Crippen molar-refractivity contribution in [3.05, 3.63) is 71.8 Å². The maximum Gasteiger partial charge on any atom is 0.251 e. The largest absolute Gasteiger partial charge is 0.490 e. The fourth-order valence-corrected chi connectivity index (χ4v) is 4.03. The minimum absolute atomic E-state index is 0.0741. The molecule has 1 fully saturated rings. The number of ether oxygens (including phenoxy) is 1. The Morgan fingerprint density at radius 2 is 1.84 bits per heavy atom. The predicted octanol–water partition coefficient (Wildman–Crippen LogP) is 5.91. The zero-order valence-corrected chi connectivity index (χ0v) is 19.9. The van der Waals surface area contributed by atoms with Crippen molar-refractivity contribution in [2.24, 2.45) is 0 Å². The van der Waals surface area contributed by atoms with Crippen molar-refractivity contribution in [1.82, 2.24) is 10.2 Å². The van der Waals surface area contributed by atoms with Crippen LogP contribution in [0, 0.1) is 5.82 Å². The monoisotopic (exact) mass is 442 g/mol. The summed E-state index contributed by atoms with van der Waals surface area (Å²) in [5, 5.41) is 3.18. The summed E-state index contributed by atoms with van der Waals surface area (Å²) < 4.78 is 19.2. The Morgan fingerprint density at radius 3 is 2.38 bits per heavy atom. The second-order valence-corrected chi connectivity index (χ2v) is 8.46. The Labute approximate surface area is 193 Å². The Hall–Kier alpha value is -2.40. The second-order valence-electron chi connectivity index (χ2n) is 8.46. The van der Waals surface area contributed by atoms with Crippen molar-refractivity contribution < 1.29 is 13.9 Å². The summed E-state index contributed by atoms with van der Waals surface area (Å²) in [4.78, 5) is 15.2. The molecule has 0 spiro atoms. The first kappa shape index (κ1) is 25.9. The number of piperidine rings is 1. The fourth-order valence-electron chi connectivity index (χ4n) is 4.03. The minimum atomic E-state index is -0.208. The molecule has 1 aromatic rings. The lowest BCUT2D eigenvalue weighted by molar-refractivity contribution is -0.118. The molecule has 1 aliphatic heterocycles. The maximum atomic E-state index is 13.1. The molecule has 0 aliphatic carbocycles. The molecule has 1 aromatic carbocycles. The quantitative estimate of drug-likeness (QED) is 0.249. The molecular formula is C27H39FN2O2. The molecule has 0 radical (unpaired) electrons. The number of allylic oxidation sites excluding steroid dienone is 2. The number of rotatable bonds is 12. The fraction of sp³-hybridized carbons (Fsp3) is 0.519. The molecule has 0 unspecified atom stereocenters. The second kappa shape index (κ2) is 13.9. The number of hydrogen-bond acceptors (Lipinski definition) is 3. The van der Waals surface area contributed by atoms with Gasteiger partial charge in [-0.25, -0.2) is 4.39 Å². The average molecular weight is 443 g/mol. The van der Waals surface area contributed by atoms with E-state index >= 15 is 0 Å². The van der Waals surface area contributed by atoms with Gasteiger partial charge in [0.25, 0.3) is 5.91 Å². The van der Waals surface area contributed by atoms with Crippen LogP contribution in [-0.2, 0) is 16.1 Å². The van der Waals surface area contributed by atoms with Crippen LogP contribution >= 0.6 is 0 Å². The van der Waals surface area contributed by atoms with Gasteiger partial charge in [-0.15, -0.1) is 0 Å². The highest BCUT2D eigenvalue weighted by Crippen LogP contribution is 2.18. The summed E-state index contributed by atoms with van der Waals surface area (Å²) in [5.41, 5.74) is 1.71. The van der Waals surface area contributed by atoms with Gasteiger partial charge in [-0.05, 0) is 62.5 Å². The molecule has 0 aromatic heterocycles. The normalized spacial score (nSPS) is 16.3. The van der Waals surface area contributed by atoms with Gasteiger partial charge in [-0.1, -0.05) is 51.5 Å². The van der Waals surface area contributed by atoms with Crippen LogP contribution in [-0.4, -0.2) is 36.0 Å². The van der Waals surface area contributed by atoms with Crippen molar-refractivity contribution in [2.75, 3.05) is 13.1 Å². The van der Waals surface area contributed by atoms with E-state index in [2.05, 4.69) is 30.6 Å². The highest BCUT2D eigenvalue weighted by atomic mass is 19.1. The van der Waals surface area contributed by atoms with Crippen LogP contribution in [0.15, 0.2) is 60.4 Å². The first-order valence-electron chi connectivity index (χ1n) is 11.9. The minimum Gasteiger partial charge on any atom is -0.490 e. The summed E-state index contributed by atoms with van der Waals surface area (Å²) in [6.07, 6.45) is 11.4. The van der Waals surface area contributed by atoms with Gasteiger partial charge in [0, 0.05) is 31.2 Å². The van der Waals surface area contributed by atoms with Crippen LogP contribution < -0.4 is 5.32 Å². The van der Waals surface area contributed by atoms with E-state index in [0.717, 1.165) is 63.7 Å². The van der Waals surface area contributed by atoms with E-state index < -0.39 is 0 Å². The molecule has 1 saturated heterocycles. The van der Waals surface area contributed by atoms with Gasteiger partial charge in [-0.3, -0.25) is 9.69 Å². The van der Waals surface area contributed by atoms with Crippen molar-refractivity contribution >= 4 is 5.91 Å². The number of likely N-dealkylation sites (tertiary alicyclic amines) is 1. The van der Waals surface area contributed by atoms with E-state index in [9.17, 15) is 9.18 Å². The van der Waals surface area contributed by atoms with Gasteiger partial charge in [-0.2, -0.15) is 0 Å². The molecular weight excluding hydrogens is 403 g/mol. The van der Waals surface area contributed by atoms with Crippen LogP contribution in [0.2, 0.25) is 0 Å². The van der Waals surface area contributed by atoms with Gasteiger partial charge in [0.05, 0.1) is 6.10 Å². The predicted molar refractivity (Wildman–Crippen MR) is 130 cm³/mol. The number of nitrogens with zero attached hydrogens (tertiary/aromatic N) is 1. The lowest BCUT2D eigenvalue weighted by atomic mass is 10.0. The van der Waals surface area contributed by atoms with Crippen LogP contribution in [0.5, 0.6) is 0 Å². The van der Waals surface area contributed by atoms with Gasteiger partial charge >= 0.3 is 0 Å². The molecule has 1 aliphatic rings. The molecule has 32 heavy (non-hydrogen) atoms. The molecule has 0 saturated carbocycles. The SMILES string of the molecule is C=C/C(=C\C(=C/C)C(=O)NC1CCN(Cc2ccc(F)cc2)CC1)OC(CCC)CCC. The highest BCUT2D eigenvalue weighted by Gasteiger charge is 2.22.